The van der Waals surface area contributed by atoms with Gasteiger partial charge in [0.2, 0.25) is 0 Å². The Morgan fingerprint density at radius 3 is 2.64 bits per heavy atom. The Morgan fingerprint density at radius 2 is 1.96 bits per heavy atom. The number of rotatable bonds is 6. The predicted molar refractivity (Wildman–Crippen MR) is 111 cm³/mol. The number of carbonyl (C=O) groups is 1. The van der Waals surface area contributed by atoms with E-state index in [9.17, 15) is 4.79 Å². The van der Waals surface area contributed by atoms with E-state index in [-0.39, 0.29) is 18.4 Å². The number of hydrogen-bond acceptors (Lipinski definition) is 4. The van der Waals surface area contributed by atoms with E-state index in [1.807, 2.05) is 38.1 Å². The second-order valence-electron chi connectivity index (χ2n) is 6.94. The Balaban J connectivity index is 1.69. The molecule has 3 rings (SSSR count). The van der Waals surface area contributed by atoms with Crippen LogP contribution < -0.4 is 10.1 Å². The summed E-state index contributed by atoms with van der Waals surface area (Å²) >= 11 is 6.22. The highest BCUT2D eigenvalue weighted by molar-refractivity contribution is 6.31. The second-order valence-corrected chi connectivity index (χ2v) is 7.35. The Kier molecular flexibility index (Phi) is 5.99. The van der Waals surface area contributed by atoms with Gasteiger partial charge in [-0.3, -0.25) is 14.9 Å². The number of nitrogens with zero attached hydrogens (tertiary/aromatic N) is 2. The molecule has 2 heterocycles. The SMILES string of the molecule is Cc1cc(OCC(=O)Nc2n[nH]c(-c3ccncc3)c2C)c(C(C)C)cc1Cl. The van der Waals surface area contributed by atoms with Crippen molar-refractivity contribution in [2.75, 3.05) is 11.9 Å². The normalized spacial score (nSPS) is 10.9. The lowest BCUT2D eigenvalue weighted by Crippen LogP contribution is -2.21. The second kappa shape index (κ2) is 8.44. The highest BCUT2D eigenvalue weighted by Crippen LogP contribution is 2.32. The fourth-order valence-corrected chi connectivity index (χ4v) is 3.05. The highest BCUT2D eigenvalue weighted by Gasteiger charge is 2.15. The van der Waals surface area contributed by atoms with Crippen molar-refractivity contribution in [1.29, 1.82) is 0 Å². The first-order valence-corrected chi connectivity index (χ1v) is 9.42. The van der Waals surface area contributed by atoms with E-state index in [4.69, 9.17) is 16.3 Å². The topological polar surface area (TPSA) is 79.9 Å². The smallest absolute Gasteiger partial charge is 0.263 e. The van der Waals surface area contributed by atoms with Gasteiger partial charge in [-0.25, -0.2) is 0 Å². The van der Waals surface area contributed by atoms with Crippen LogP contribution in [0.2, 0.25) is 5.02 Å². The summed E-state index contributed by atoms with van der Waals surface area (Å²) in [6, 6.07) is 7.52. The zero-order valence-electron chi connectivity index (χ0n) is 16.3. The molecule has 0 aliphatic carbocycles. The number of aryl methyl sites for hydroxylation is 1. The van der Waals surface area contributed by atoms with Crippen molar-refractivity contribution in [3.63, 3.8) is 0 Å². The number of pyridine rings is 1. The van der Waals surface area contributed by atoms with Crippen molar-refractivity contribution < 1.29 is 9.53 Å². The number of carbonyl (C=O) groups excluding carboxylic acids is 1. The lowest BCUT2D eigenvalue weighted by molar-refractivity contribution is -0.118. The van der Waals surface area contributed by atoms with Crippen LogP contribution in [0.3, 0.4) is 0 Å². The molecule has 6 nitrogen and oxygen atoms in total. The van der Waals surface area contributed by atoms with Gasteiger partial charge in [0.05, 0.1) is 5.69 Å². The van der Waals surface area contributed by atoms with E-state index in [1.165, 1.54) is 0 Å². The third-order valence-corrected chi connectivity index (χ3v) is 4.92. The largest absolute Gasteiger partial charge is 0.483 e. The van der Waals surface area contributed by atoms with Gasteiger partial charge < -0.3 is 10.1 Å². The van der Waals surface area contributed by atoms with Gasteiger partial charge in [0.25, 0.3) is 5.91 Å². The molecule has 146 valence electrons. The average molecular weight is 399 g/mol. The third kappa shape index (κ3) is 4.34. The highest BCUT2D eigenvalue weighted by atomic mass is 35.5. The molecule has 28 heavy (non-hydrogen) atoms. The third-order valence-electron chi connectivity index (χ3n) is 4.51. The summed E-state index contributed by atoms with van der Waals surface area (Å²) in [5.41, 5.74) is 4.53. The Labute approximate surface area is 169 Å². The molecule has 0 unspecified atom stereocenters. The number of aromatic nitrogens is 3. The first-order valence-electron chi connectivity index (χ1n) is 9.05. The summed E-state index contributed by atoms with van der Waals surface area (Å²) < 4.78 is 5.78. The maximum absolute atomic E-state index is 12.4. The fraction of sp³-hybridized carbons (Fsp3) is 0.286. The van der Waals surface area contributed by atoms with Crippen molar-refractivity contribution >= 4 is 23.3 Å². The molecule has 0 radical (unpaired) electrons. The van der Waals surface area contributed by atoms with Gasteiger partial charge in [0.1, 0.15) is 5.75 Å². The van der Waals surface area contributed by atoms with Gasteiger partial charge in [-0.2, -0.15) is 5.10 Å². The van der Waals surface area contributed by atoms with Crippen LogP contribution in [0.1, 0.15) is 36.5 Å². The van der Waals surface area contributed by atoms with Crippen molar-refractivity contribution in [2.45, 2.75) is 33.6 Å². The molecule has 0 bridgehead atoms. The number of halogens is 1. The molecule has 7 heteroatoms. The quantitative estimate of drug-likeness (QED) is 0.620. The summed E-state index contributed by atoms with van der Waals surface area (Å²) in [5, 5.41) is 10.7. The van der Waals surface area contributed by atoms with Crippen LogP contribution in [-0.4, -0.2) is 27.7 Å². The standard InChI is InChI=1S/C21H23ClN4O2/c1-12(2)16-10-17(22)13(3)9-18(16)28-11-19(27)24-21-14(4)20(25-26-21)15-5-7-23-8-6-15/h5-10,12H,11H2,1-4H3,(H2,24,25,26,27). The minimum atomic E-state index is -0.279. The number of aromatic amines is 1. The number of benzene rings is 1. The molecule has 0 spiro atoms. The van der Waals surface area contributed by atoms with Crippen molar-refractivity contribution in [2.24, 2.45) is 0 Å². The van der Waals surface area contributed by atoms with Crippen LogP contribution in [0.15, 0.2) is 36.7 Å². The lowest BCUT2D eigenvalue weighted by Gasteiger charge is -2.15. The van der Waals surface area contributed by atoms with Crippen LogP contribution in [0.4, 0.5) is 5.82 Å². The van der Waals surface area contributed by atoms with E-state index < -0.39 is 0 Å². The maximum atomic E-state index is 12.4. The summed E-state index contributed by atoms with van der Waals surface area (Å²) in [6.45, 7) is 7.81. The summed E-state index contributed by atoms with van der Waals surface area (Å²) in [4.78, 5) is 16.4. The van der Waals surface area contributed by atoms with Gasteiger partial charge in [0.15, 0.2) is 12.4 Å². The Hall–Kier alpha value is -2.86. The maximum Gasteiger partial charge on any atom is 0.263 e. The number of amides is 1. The van der Waals surface area contributed by atoms with E-state index in [2.05, 4.69) is 34.3 Å². The average Bonchev–Trinajstić information content (AvgIpc) is 3.03. The monoisotopic (exact) mass is 398 g/mol. The fourth-order valence-electron chi connectivity index (χ4n) is 2.88. The predicted octanol–water partition coefficient (Wildman–Crippen LogP) is 4.88. The zero-order chi connectivity index (χ0) is 20.3. The molecule has 1 aromatic carbocycles. The summed E-state index contributed by atoms with van der Waals surface area (Å²) in [6.07, 6.45) is 3.42. The molecular formula is C21H23ClN4O2. The Bertz CT molecular complexity index is 984. The van der Waals surface area contributed by atoms with Crippen LogP contribution >= 0.6 is 11.6 Å². The molecule has 2 N–H and O–H groups in total. The summed E-state index contributed by atoms with van der Waals surface area (Å²) in [7, 11) is 0. The van der Waals surface area contributed by atoms with Crippen molar-refractivity contribution in [3.05, 3.63) is 58.4 Å². The minimum absolute atomic E-state index is 0.113. The molecule has 0 aliphatic rings. The van der Waals surface area contributed by atoms with Gasteiger partial charge in [-0.05, 0) is 55.2 Å². The Morgan fingerprint density at radius 1 is 1.25 bits per heavy atom. The molecule has 0 atom stereocenters. The van der Waals surface area contributed by atoms with E-state index in [0.717, 1.165) is 27.9 Å². The molecule has 0 aliphatic heterocycles. The number of hydrogen-bond donors (Lipinski definition) is 2. The number of nitrogens with one attached hydrogen (secondary N) is 2. The van der Waals surface area contributed by atoms with Gasteiger partial charge in [-0.1, -0.05) is 25.4 Å². The first-order chi connectivity index (χ1) is 13.4. The molecule has 3 aromatic rings. The van der Waals surface area contributed by atoms with Gasteiger partial charge in [0, 0.05) is 28.5 Å². The number of ether oxygens (including phenoxy) is 1. The van der Waals surface area contributed by atoms with Crippen molar-refractivity contribution in [3.8, 4) is 17.0 Å². The molecule has 2 aromatic heterocycles. The molecule has 1 amide bonds. The van der Waals surface area contributed by atoms with E-state index in [0.29, 0.717) is 16.6 Å². The van der Waals surface area contributed by atoms with Crippen molar-refractivity contribution in [1.82, 2.24) is 15.2 Å². The van der Waals surface area contributed by atoms with Gasteiger partial charge >= 0.3 is 0 Å². The van der Waals surface area contributed by atoms with Gasteiger partial charge in [-0.15, -0.1) is 0 Å². The first kappa shape index (κ1) is 19.9. The molecule has 0 saturated heterocycles. The van der Waals surface area contributed by atoms with Crippen LogP contribution in [0.25, 0.3) is 11.3 Å². The van der Waals surface area contributed by atoms with Crippen LogP contribution in [0.5, 0.6) is 5.75 Å². The van der Waals surface area contributed by atoms with E-state index >= 15 is 0 Å². The number of H-pyrrole nitrogens is 1. The number of anilines is 1. The van der Waals surface area contributed by atoms with Crippen LogP contribution in [-0.2, 0) is 4.79 Å². The molecule has 0 saturated carbocycles. The van der Waals surface area contributed by atoms with Crippen LogP contribution in [0, 0.1) is 13.8 Å². The zero-order valence-corrected chi connectivity index (χ0v) is 17.1. The minimum Gasteiger partial charge on any atom is -0.483 e. The molecular weight excluding hydrogens is 376 g/mol. The molecule has 0 fully saturated rings. The summed E-state index contributed by atoms with van der Waals surface area (Å²) in [5.74, 6) is 1.10. The van der Waals surface area contributed by atoms with E-state index in [1.54, 1.807) is 12.4 Å². The lowest BCUT2D eigenvalue weighted by atomic mass is 10.0.